The molecule has 2 heterocycles. The molecule has 47 heavy (non-hydrogen) atoms. The molecule has 254 valence electrons. The number of hydrogen-bond donors (Lipinski definition) is 5. The van der Waals surface area contributed by atoms with E-state index in [0.717, 1.165) is 22.0 Å². The van der Waals surface area contributed by atoms with Crippen LogP contribution in [0.2, 0.25) is 0 Å². The number of rotatable bonds is 10. The number of carbonyl (C=O) groups is 3. The molecule has 0 saturated heterocycles. The monoisotopic (exact) mass is 675 g/mol. The van der Waals surface area contributed by atoms with Gasteiger partial charge in [0.05, 0.1) is 24.2 Å². The van der Waals surface area contributed by atoms with E-state index in [2.05, 4.69) is 15.3 Å². The summed E-state index contributed by atoms with van der Waals surface area (Å²) in [5.74, 6) is -3.55. The van der Waals surface area contributed by atoms with Crippen LogP contribution in [0, 0.1) is 0 Å². The lowest BCUT2D eigenvalue weighted by atomic mass is 10.2. The smallest absolute Gasteiger partial charge is 0.490 e. The van der Waals surface area contributed by atoms with Gasteiger partial charge in [0.2, 0.25) is 0 Å². The van der Waals surface area contributed by atoms with Crippen LogP contribution in [-0.4, -0.2) is 83.4 Å². The molecule has 0 aliphatic rings. The second kappa shape index (κ2) is 17.2. The predicted molar refractivity (Wildman–Crippen MR) is 155 cm³/mol. The van der Waals surface area contributed by atoms with Gasteiger partial charge in [0, 0.05) is 23.4 Å². The van der Waals surface area contributed by atoms with E-state index in [1.165, 1.54) is 0 Å². The van der Waals surface area contributed by atoms with Crippen molar-refractivity contribution in [3.05, 3.63) is 60.7 Å². The molecule has 19 heteroatoms. The van der Waals surface area contributed by atoms with E-state index in [-0.39, 0.29) is 12.5 Å². The molecule has 0 spiro atoms. The molecule has 0 saturated carbocycles. The maximum absolute atomic E-state index is 12.0. The summed E-state index contributed by atoms with van der Waals surface area (Å²) in [4.78, 5) is 38.3. The fraction of sp³-hybridized carbons (Fsp3) is 0.250. The van der Waals surface area contributed by atoms with Gasteiger partial charge in [-0.1, -0.05) is 0 Å². The van der Waals surface area contributed by atoms with Gasteiger partial charge in [0.1, 0.15) is 29.7 Å². The van der Waals surface area contributed by atoms with Crippen LogP contribution >= 0.6 is 0 Å². The van der Waals surface area contributed by atoms with Gasteiger partial charge < -0.3 is 41.2 Å². The third-order valence-corrected chi connectivity index (χ3v) is 5.29. The Labute approximate surface area is 261 Å². The molecular weight excluding hydrogens is 648 g/mol. The zero-order valence-electron chi connectivity index (χ0n) is 24.0. The minimum absolute atomic E-state index is 0.0978. The first-order valence-corrected chi connectivity index (χ1v) is 13.0. The number of nitrogen functional groups attached to an aromatic ring is 2. The number of benzene rings is 2. The van der Waals surface area contributed by atoms with Gasteiger partial charge in [-0.15, -0.1) is 0 Å². The zero-order valence-corrected chi connectivity index (χ0v) is 24.0. The number of hydrogen-bond acceptors (Lipinski definition) is 10. The van der Waals surface area contributed by atoms with Crippen LogP contribution in [0.15, 0.2) is 60.7 Å². The number of aromatic nitrogens is 2. The Morgan fingerprint density at radius 2 is 1.19 bits per heavy atom. The molecule has 1 amide bonds. The van der Waals surface area contributed by atoms with Crippen molar-refractivity contribution in [3.63, 3.8) is 0 Å². The van der Waals surface area contributed by atoms with Crippen molar-refractivity contribution in [1.29, 1.82) is 0 Å². The molecule has 2 aromatic heterocycles. The van der Waals surface area contributed by atoms with Crippen LogP contribution in [0.4, 0.5) is 38.0 Å². The second-order valence-corrected chi connectivity index (χ2v) is 8.89. The molecule has 0 fully saturated rings. The van der Waals surface area contributed by atoms with E-state index >= 15 is 0 Å². The number of aliphatic carboxylic acids is 2. The maximum Gasteiger partial charge on any atom is 0.490 e. The average Bonchev–Trinajstić information content (AvgIpc) is 2.99. The van der Waals surface area contributed by atoms with Gasteiger partial charge in [-0.3, -0.25) is 4.79 Å². The Morgan fingerprint density at radius 1 is 0.681 bits per heavy atom. The summed E-state index contributed by atoms with van der Waals surface area (Å²) in [6.45, 7) is 1.44. The largest absolute Gasteiger partial charge is 0.491 e. The highest BCUT2D eigenvalue weighted by atomic mass is 19.4. The number of amides is 1. The zero-order chi connectivity index (χ0) is 35.2. The van der Waals surface area contributed by atoms with E-state index in [4.69, 9.17) is 45.5 Å². The Hall–Kier alpha value is -5.59. The van der Waals surface area contributed by atoms with Crippen molar-refractivity contribution in [3.8, 4) is 11.5 Å². The van der Waals surface area contributed by atoms with Crippen molar-refractivity contribution in [2.24, 2.45) is 0 Å². The number of nitrogens with one attached hydrogen (secondary N) is 1. The van der Waals surface area contributed by atoms with Crippen LogP contribution < -0.4 is 26.3 Å². The van der Waals surface area contributed by atoms with E-state index in [9.17, 15) is 31.1 Å². The molecule has 4 rings (SSSR count). The van der Waals surface area contributed by atoms with E-state index in [1.54, 1.807) is 24.3 Å². The number of pyridine rings is 2. The Bertz CT molecular complexity index is 1650. The van der Waals surface area contributed by atoms with Crippen LogP contribution in [0.5, 0.6) is 11.5 Å². The van der Waals surface area contributed by atoms with Crippen molar-refractivity contribution in [2.45, 2.75) is 12.4 Å². The van der Waals surface area contributed by atoms with Crippen molar-refractivity contribution >= 4 is 51.3 Å². The van der Waals surface area contributed by atoms with Crippen LogP contribution in [0.3, 0.4) is 0 Å². The molecule has 0 aliphatic heterocycles. The SMILES string of the molecule is Nc1ccc2cc(OCCOCCNC(=O)COc3ccc4ccc(N)nc4c3)ccc2n1.O=C(O)C(F)(F)F.O=C(O)C(F)(F)F. The second-order valence-electron chi connectivity index (χ2n) is 8.89. The number of alkyl halides is 6. The summed E-state index contributed by atoms with van der Waals surface area (Å²) in [6.07, 6.45) is -10.2. The van der Waals surface area contributed by atoms with Gasteiger partial charge >= 0.3 is 24.3 Å². The van der Waals surface area contributed by atoms with Crippen molar-refractivity contribution < 1.29 is 65.1 Å². The predicted octanol–water partition coefficient (Wildman–Crippen LogP) is 3.80. The lowest BCUT2D eigenvalue weighted by Crippen LogP contribution is -2.32. The summed E-state index contributed by atoms with van der Waals surface area (Å²) in [6, 6.07) is 18.3. The maximum atomic E-state index is 12.0. The highest BCUT2D eigenvalue weighted by Crippen LogP contribution is 2.21. The highest BCUT2D eigenvalue weighted by molar-refractivity contribution is 5.82. The molecule has 7 N–H and O–H groups in total. The van der Waals surface area contributed by atoms with Gasteiger partial charge in [0.25, 0.3) is 5.91 Å². The molecule has 0 aliphatic carbocycles. The van der Waals surface area contributed by atoms with Crippen molar-refractivity contribution in [2.75, 3.05) is 44.4 Å². The quantitative estimate of drug-likeness (QED) is 0.120. The van der Waals surface area contributed by atoms with Gasteiger partial charge in [-0.05, 0) is 54.6 Å². The summed E-state index contributed by atoms with van der Waals surface area (Å²) >= 11 is 0. The average molecular weight is 676 g/mol. The number of ether oxygens (including phenoxy) is 3. The summed E-state index contributed by atoms with van der Waals surface area (Å²) in [5.41, 5.74) is 12.9. The number of carboxylic acids is 2. The molecule has 13 nitrogen and oxygen atoms in total. The summed E-state index contributed by atoms with van der Waals surface area (Å²) in [5, 5.41) is 18.9. The van der Waals surface area contributed by atoms with E-state index < -0.39 is 24.3 Å². The first-order valence-electron chi connectivity index (χ1n) is 13.0. The van der Waals surface area contributed by atoms with Gasteiger partial charge in [-0.25, -0.2) is 19.6 Å². The normalized spacial score (nSPS) is 11.0. The van der Waals surface area contributed by atoms with Gasteiger partial charge in [0.15, 0.2) is 6.61 Å². The minimum Gasteiger partial charge on any atom is -0.491 e. The number of carboxylic acid groups (broad SMARTS) is 2. The number of fused-ring (bicyclic) bond motifs is 2. The third-order valence-electron chi connectivity index (χ3n) is 5.29. The number of anilines is 2. The number of carbonyl (C=O) groups excluding carboxylic acids is 1. The molecule has 4 aromatic rings. The van der Waals surface area contributed by atoms with E-state index in [1.807, 2.05) is 36.4 Å². The molecule has 2 aromatic carbocycles. The number of halogens is 6. The molecular formula is C28H27F6N5O8. The Morgan fingerprint density at radius 3 is 1.79 bits per heavy atom. The Kier molecular flexibility index (Phi) is 13.8. The van der Waals surface area contributed by atoms with Crippen molar-refractivity contribution in [1.82, 2.24) is 15.3 Å². The first-order chi connectivity index (χ1) is 22.0. The fourth-order valence-electron chi connectivity index (χ4n) is 3.19. The number of nitrogens with two attached hydrogens (primary N) is 2. The number of nitrogens with zero attached hydrogens (tertiary/aromatic N) is 2. The van der Waals surface area contributed by atoms with Crippen LogP contribution in [-0.2, 0) is 19.1 Å². The highest BCUT2D eigenvalue weighted by Gasteiger charge is 2.38. The standard InChI is InChI=1S/C24H25N5O4.2C2HF3O2/c25-22-8-3-17-13-18(5-6-20(17)28-22)32-12-11-31-10-9-27-24(30)15-33-19-4-1-16-2-7-23(26)29-21(16)14-19;2*3-2(4,5)1(6)7/h1-8,13-14H,9-12,15H2,(H2,25,28)(H2,26,29)(H,27,30);2*(H,6,7). The third kappa shape index (κ3) is 13.9. The van der Waals surface area contributed by atoms with E-state index in [0.29, 0.717) is 49.3 Å². The summed E-state index contributed by atoms with van der Waals surface area (Å²) < 4.78 is 80.2. The molecule has 0 radical (unpaired) electrons. The summed E-state index contributed by atoms with van der Waals surface area (Å²) in [7, 11) is 0. The lowest BCUT2D eigenvalue weighted by Gasteiger charge is -2.10. The van der Waals surface area contributed by atoms with Gasteiger partial charge in [-0.2, -0.15) is 26.3 Å². The first kappa shape index (κ1) is 37.6. The fourth-order valence-corrected chi connectivity index (χ4v) is 3.19. The lowest BCUT2D eigenvalue weighted by molar-refractivity contribution is -0.193. The Balaban J connectivity index is 0.000000459. The minimum atomic E-state index is -5.08. The van der Waals surface area contributed by atoms with Crippen LogP contribution in [0.1, 0.15) is 0 Å². The topological polar surface area (TPSA) is 209 Å². The molecule has 0 bridgehead atoms. The van der Waals surface area contributed by atoms with Crippen LogP contribution in [0.25, 0.3) is 21.8 Å². The molecule has 0 atom stereocenters. The molecule has 0 unspecified atom stereocenters.